The van der Waals surface area contributed by atoms with Gasteiger partial charge in [-0.1, -0.05) is 12.1 Å². The second kappa shape index (κ2) is 6.29. The SMILES string of the molecule is Cc1nc(-c2cccc(C(=O)NCC(C)(O)c3ccco3)c2)n[nH]1. The van der Waals surface area contributed by atoms with E-state index in [9.17, 15) is 9.90 Å². The molecule has 0 spiro atoms. The largest absolute Gasteiger partial charge is 0.466 e. The zero-order chi connectivity index (χ0) is 17.2. The summed E-state index contributed by atoms with van der Waals surface area (Å²) in [7, 11) is 0. The first-order valence-electron chi connectivity index (χ1n) is 7.50. The van der Waals surface area contributed by atoms with Crippen LogP contribution in [0.2, 0.25) is 0 Å². The summed E-state index contributed by atoms with van der Waals surface area (Å²) in [4.78, 5) is 16.6. The normalized spacial score (nSPS) is 13.5. The van der Waals surface area contributed by atoms with Crippen LogP contribution in [0.3, 0.4) is 0 Å². The zero-order valence-corrected chi connectivity index (χ0v) is 13.4. The fourth-order valence-corrected chi connectivity index (χ4v) is 2.30. The summed E-state index contributed by atoms with van der Waals surface area (Å²) in [6, 6.07) is 10.4. The smallest absolute Gasteiger partial charge is 0.251 e. The van der Waals surface area contributed by atoms with E-state index in [1.807, 2.05) is 13.0 Å². The van der Waals surface area contributed by atoms with E-state index in [-0.39, 0.29) is 12.5 Å². The number of H-pyrrole nitrogens is 1. The Morgan fingerprint density at radius 1 is 1.38 bits per heavy atom. The quantitative estimate of drug-likeness (QED) is 0.665. The minimum absolute atomic E-state index is 0.0311. The van der Waals surface area contributed by atoms with Gasteiger partial charge in [0.25, 0.3) is 5.91 Å². The van der Waals surface area contributed by atoms with Gasteiger partial charge >= 0.3 is 0 Å². The Balaban J connectivity index is 1.71. The maximum Gasteiger partial charge on any atom is 0.251 e. The van der Waals surface area contributed by atoms with E-state index < -0.39 is 5.60 Å². The predicted molar refractivity (Wildman–Crippen MR) is 87.2 cm³/mol. The number of aromatic nitrogens is 3. The Labute approximate surface area is 138 Å². The maximum atomic E-state index is 12.3. The second-order valence-electron chi connectivity index (χ2n) is 5.76. The molecule has 2 heterocycles. The Kier molecular flexibility index (Phi) is 4.18. The molecule has 0 aliphatic carbocycles. The number of furan rings is 1. The Hall–Kier alpha value is -2.93. The van der Waals surface area contributed by atoms with Crippen molar-refractivity contribution in [2.24, 2.45) is 0 Å². The first-order valence-corrected chi connectivity index (χ1v) is 7.50. The summed E-state index contributed by atoms with van der Waals surface area (Å²) in [6.07, 6.45) is 1.48. The van der Waals surface area contributed by atoms with E-state index in [2.05, 4.69) is 20.5 Å². The van der Waals surface area contributed by atoms with Gasteiger partial charge < -0.3 is 14.8 Å². The maximum absolute atomic E-state index is 12.3. The number of benzene rings is 1. The number of carbonyl (C=O) groups excluding carboxylic acids is 1. The molecule has 2 aromatic heterocycles. The van der Waals surface area contributed by atoms with Gasteiger partial charge in [-0.05, 0) is 38.1 Å². The minimum atomic E-state index is -1.28. The Morgan fingerprint density at radius 3 is 2.88 bits per heavy atom. The Morgan fingerprint density at radius 2 is 2.21 bits per heavy atom. The first kappa shape index (κ1) is 15.9. The van der Waals surface area contributed by atoms with Crippen molar-refractivity contribution in [1.82, 2.24) is 20.5 Å². The molecule has 0 aliphatic heterocycles. The molecule has 3 rings (SSSR count). The number of hydrogen-bond acceptors (Lipinski definition) is 5. The van der Waals surface area contributed by atoms with Crippen LogP contribution in [0, 0.1) is 6.92 Å². The lowest BCUT2D eigenvalue weighted by Gasteiger charge is -2.21. The van der Waals surface area contributed by atoms with E-state index in [4.69, 9.17) is 4.42 Å². The molecule has 1 amide bonds. The lowest BCUT2D eigenvalue weighted by Crippen LogP contribution is -2.38. The Bertz CT molecular complexity index is 837. The van der Waals surface area contributed by atoms with Crippen molar-refractivity contribution >= 4 is 5.91 Å². The van der Waals surface area contributed by atoms with Crippen LogP contribution in [0.4, 0.5) is 0 Å². The van der Waals surface area contributed by atoms with Crippen molar-refractivity contribution in [2.45, 2.75) is 19.4 Å². The van der Waals surface area contributed by atoms with Crippen LogP contribution in [0.25, 0.3) is 11.4 Å². The molecule has 3 aromatic rings. The molecular formula is C17H18N4O3. The van der Waals surface area contributed by atoms with Crippen molar-refractivity contribution in [1.29, 1.82) is 0 Å². The molecule has 0 saturated carbocycles. The fourth-order valence-electron chi connectivity index (χ4n) is 2.30. The van der Waals surface area contributed by atoms with E-state index in [0.717, 1.165) is 5.56 Å². The second-order valence-corrected chi connectivity index (χ2v) is 5.76. The highest BCUT2D eigenvalue weighted by atomic mass is 16.4. The topological polar surface area (TPSA) is 104 Å². The molecule has 24 heavy (non-hydrogen) atoms. The molecule has 7 nitrogen and oxygen atoms in total. The molecule has 3 N–H and O–H groups in total. The lowest BCUT2D eigenvalue weighted by atomic mass is 10.0. The molecular weight excluding hydrogens is 308 g/mol. The van der Waals surface area contributed by atoms with Crippen molar-refractivity contribution in [3.8, 4) is 11.4 Å². The highest BCUT2D eigenvalue weighted by Gasteiger charge is 2.27. The fraction of sp³-hybridized carbons (Fsp3) is 0.235. The van der Waals surface area contributed by atoms with Crippen molar-refractivity contribution in [3.05, 3.63) is 59.8 Å². The number of aryl methyl sites for hydroxylation is 1. The number of amides is 1. The number of aromatic amines is 1. The van der Waals surface area contributed by atoms with E-state index >= 15 is 0 Å². The van der Waals surface area contributed by atoms with E-state index in [0.29, 0.717) is 23.0 Å². The van der Waals surface area contributed by atoms with Crippen molar-refractivity contribution in [3.63, 3.8) is 0 Å². The number of nitrogens with zero attached hydrogens (tertiary/aromatic N) is 2. The van der Waals surface area contributed by atoms with Gasteiger partial charge in [-0.3, -0.25) is 9.89 Å². The van der Waals surface area contributed by atoms with Crippen LogP contribution in [0.5, 0.6) is 0 Å². The molecule has 0 bridgehead atoms. The lowest BCUT2D eigenvalue weighted by molar-refractivity contribution is 0.0330. The number of hydrogen-bond donors (Lipinski definition) is 3. The molecule has 0 saturated heterocycles. The van der Waals surface area contributed by atoms with Gasteiger partial charge in [-0.2, -0.15) is 5.10 Å². The third-order valence-electron chi connectivity index (χ3n) is 3.63. The van der Waals surface area contributed by atoms with Crippen molar-refractivity contribution < 1.29 is 14.3 Å². The van der Waals surface area contributed by atoms with Crippen molar-refractivity contribution in [2.75, 3.05) is 6.54 Å². The summed E-state index contributed by atoms with van der Waals surface area (Å²) < 4.78 is 5.19. The van der Waals surface area contributed by atoms with Gasteiger partial charge in [0.15, 0.2) is 5.82 Å². The van der Waals surface area contributed by atoms with E-state index in [1.165, 1.54) is 6.26 Å². The highest BCUT2D eigenvalue weighted by Crippen LogP contribution is 2.20. The van der Waals surface area contributed by atoms with Gasteiger partial charge in [-0.15, -0.1) is 0 Å². The molecule has 7 heteroatoms. The monoisotopic (exact) mass is 326 g/mol. The average Bonchev–Trinajstić information content (AvgIpc) is 3.24. The third kappa shape index (κ3) is 3.36. The molecule has 1 atom stereocenters. The molecule has 0 radical (unpaired) electrons. The van der Waals surface area contributed by atoms with Crippen LogP contribution in [0.15, 0.2) is 47.1 Å². The molecule has 1 unspecified atom stereocenters. The minimum Gasteiger partial charge on any atom is -0.466 e. The third-order valence-corrected chi connectivity index (χ3v) is 3.63. The summed E-state index contributed by atoms with van der Waals surface area (Å²) in [5.74, 6) is 1.34. The summed E-state index contributed by atoms with van der Waals surface area (Å²) in [6.45, 7) is 3.42. The molecule has 0 fully saturated rings. The van der Waals surface area contributed by atoms with Gasteiger partial charge in [0.2, 0.25) is 0 Å². The highest BCUT2D eigenvalue weighted by molar-refractivity contribution is 5.95. The number of nitrogens with one attached hydrogen (secondary N) is 2. The van der Waals surface area contributed by atoms with Gasteiger partial charge in [0.05, 0.1) is 12.8 Å². The number of carbonyl (C=O) groups is 1. The van der Waals surface area contributed by atoms with Crippen LogP contribution in [0.1, 0.15) is 28.9 Å². The van der Waals surface area contributed by atoms with Crippen LogP contribution in [-0.4, -0.2) is 32.7 Å². The summed E-state index contributed by atoms with van der Waals surface area (Å²) >= 11 is 0. The van der Waals surface area contributed by atoms with Gasteiger partial charge in [0.1, 0.15) is 17.2 Å². The van der Waals surface area contributed by atoms with Gasteiger partial charge in [0, 0.05) is 11.1 Å². The molecule has 1 aromatic carbocycles. The predicted octanol–water partition coefficient (Wildman–Crippen LogP) is 2.01. The van der Waals surface area contributed by atoms with Crippen LogP contribution in [-0.2, 0) is 5.60 Å². The average molecular weight is 326 g/mol. The zero-order valence-electron chi connectivity index (χ0n) is 13.4. The number of rotatable bonds is 5. The molecule has 0 aliphatic rings. The summed E-state index contributed by atoms with van der Waals surface area (Å²) in [5.41, 5.74) is -0.0764. The first-order chi connectivity index (χ1) is 11.5. The molecule has 124 valence electrons. The van der Waals surface area contributed by atoms with E-state index in [1.54, 1.807) is 37.3 Å². The van der Waals surface area contributed by atoms with Crippen LogP contribution >= 0.6 is 0 Å². The van der Waals surface area contributed by atoms with Crippen LogP contribution < -0.4 is 5.32 Å². The van der Waals surface area contributed by atoms with Gasteiger partial charge in [-0.25, -0.2) is 4.98 Å². The standard InChI is InChI=1S/C17H18N4O3/c1-11-19-15(21-20-11)12-5-3-6-13(9-12)16(22)18-10-17(2,23)14-7-4-8-24-14/h3-9,23H,10H2,1-2H3,(H,18,22)(H,19,20,21). The number of aliphatic hydroxyl groups is 1. The summed E-state index contributed by atoms with van der Waals surface area (Å²) in [5, 5.41) is 19.9.